The Kier molecular flexibility index (Phi) is 5.08. The lowest BCUT2D eigenvalue weighted by Crippen LogP contribution is -2.18. The van der Waals surface area contributed by atoms with E-state index in [1.54, 1.807) is 6.20 Å². The van der Waals surface area contributed by atoms with Crippen molar-refractivity contribution in [1.82, 2.24) is 20.1 Å². The maximum Gasteiger partial charge on any atom is 0.0988 e. The van der Waals surface area contributed by atoms with Gasteiger partial charge in [-0.1, -0.05) is 48.5 Å². The van der Waals surface area contributed by atoms with Crippen LogP contribution in [0.3, 0.4) is 0 Å². The van der Waals surface area contributed by atoms with Crippen LogP contribution in [0.4, 0.5) is 0 Å². The molecule has 0 saturated carbocycles. The van der Waals surface area contributed by atoms with Crippen molar-refractivity contribution in [3.05, 3.63) is 103 Å². The van der Waals surface area contributed by atoms with Gasteiger partial charge in [0.15, 0.2) is 0 Å². The van der Waals surface area contributed by atoms with Gasteiger partial charge in [-0.15, -0.1) is 0 Å². The molecule has 0 saturated heterocycles. The molecule has 0 aliphatic carbocycles. The van der Waals surface area contributed by atoms with Crippen molar-refractivity contribution >= 4 is 0 Å². The number of hydrogen-bond donors (Lipinski definition) is 1. The minimum atomic E-state index is 0.257. The summed E-state index contributed by atoms with van der Waals surface area (Å²) in [5, 5.41) is 8.45. The molecule has 0 aliphatic rings. The van der Waals surface area contributed by atoms with E-state index in [-0.39, 0.29) is 6.04 Å². The van der Waals surface area contributed by atoms with Crippen LogP contribution in [-0.2, 0) is 6.54 Å². The van der Waals surface area contributed by atoms with Gasteiger partial charge in [0.05, 0.1) is 11.4 Å². The van der Waals surface area contributed by atoms with Crippen LogP contribution in [0.1, 0.15) is 24.1 Å². The van der Waals surface area contributed by atoms with Crippen LogP contribution in [0.25, 0.3) is 16.9 Å². The maximum atomic E-state index is 4.84. The van der Waals surface area contributed by atoms with Gasteiger partial charge in [0, 0.05) is 42.3 Å². The molecule has 4 nitrogen and oxygen atoms in total. The second kappa shape index (κ2) is 7.98. The average molecular weight is 354 g/mol. The Morgan fingerprint density at radius 2 is 1.67 bits per heavy atom. The molecule has 2 aromatic carbocycles. The zero-order valence-electron chi connectivity index (χ0n) is 15.3. The number of rotatable bonds is 6. The van der Waals surface area contributed by atoms with Crippen LogP contribution in [0.15, 0.2) is 91.4 Å². The van der Waals surface area contributed by atoms with Crippen LogP contribution in [-0.4, -0.2) is 14.8 Å². The Balaban J connectivity index is 1.63. The molecule has 2 heterocycles. The summed E-state index contributed by atoms with van der Waals surface area (Å²) in [6.45, 7) is 2.91. The SMILES string of the molecule is CC(NCc1cn(-c2ccccc2)nc1-c1cccnc1)c1ccccc1. The number of nitrogens with one attached hydrogen (secondary N) is 1. The van der Waals surface area contributed by atoms with E-state index in [9.17, 15) is 0 Å². The standard InChI is InChI=1S/C23H22N4/c1-18(19-9-4-2-5-10-19)25-16-21-17-27(22-12-6-3-7-13-22)26-23(21)20-11-8-14-24-15-20/h2-15,17-18,25H,16H2,1H3. The molecule has 1 N–H and O–H groups in total. The molecule has 0 radical (unpaired) electrons. The lowest BCUT2D eigenvalue weighted by Gasteiger charge is -2.14. The molecule has 134 valence electrons. The Morgan fingerprint density at radius 1 is 0.926 bits per heavy atom. The molecule has 4 heteroatoms. The van der Waals surface area contributed by atoms with Crippen molar-refractivity contribution in [1.29, 1.82) is 0 Å². The molecular formula is C23H22N4. The van der Waals surface area contributed by atoms with Crippen LogP contribution in [0.5, 0.6) is 0 Å². The lowest BCUT2D eigenvalue weighted by molar-refractivity contribution is 0.575. The summed E-state index contributed by atoms with van der Waals surface area (Å²) < 4.78 is 1.94. The first-order valence-electron chi connectivity index (χ1n) is 9.14. The molecule has 1 unspecified atom stereocenters. The minimum Gasteiger partial charge on any atom is -0.306 e. The highest BCUT2D eigenvalue weighted by Crippen LogP contribution is 2.24. The topological polar surface area (TPSA) is 42.7 Å². The summed E-state index contributed by atoms with van der Waals surface area (Å²) in [7, 11) is 0. The molecule has 0 bridgehead atoms. The highest BCUT2D eigenvalue weighted by atomic mass is 15.3. The number of pyridine rings is 1. The van der Waals surface area contributed by atoms with Crippen LogP contribution < -0.4 is 5.32 Å². The van der Waals surface area contributed by atoms with Crippen molar-refractivity contribution in [3.63, 3.8) is 0 Å². The first kappa shape index (κ1) is 17.2. The Bertz CT molecular complexity index is 979. The molecule has 2 aromatic heterocycles. The van der Waals surface area contributed by atoms with Gasteiger partial charge in [-0.25, -0.2) is 4.68 Å². The Labute approximate surface area is 159 Å². The normalized spacial score (nSPS) is 12.0. The third kappa shape index (κ3) is 3.96. The second-order valence-electron chi connectivity index (χ2n) is 6.54. The van der Waals surface area contributed by atoms with Crippen LogP contribution >= 0.6 is 0 Å². The van der Waals surface area contributed by atoms with E-state index in [0.29, 0.717) is 0 Å². The van der Waals surface area contributed by atoms with Crippen LogP contribution in [0, 0.1) is 0 Å². The van der Waals surface area contributed by atoms with E-state index in [4.69, 9.17) is 5.10 Å². The average Bonchev–Trinajstić information content (AvgIpc) is 3.18. The van der Waals surface area contributed by atoms with E-state index in [1.807, 2.05) is 41.2 Å². The van der Waals surface area contributed by atoms with Gasteiger partial charge in [-0.2, -0.15) is 5.10 Å². The molecular weight excluding hydrogens is 332 g/mol. The summed E-state index contributed by atoms with van der Waals surface area (Å²) in [6.07, 6.45) is 5.75. The fourth-order valence-electron chi connectivity index (χ4n) is 3.12. The van der Waals surface area contributed by atoms with Gasteiger partial charge in [-0.3, -0.25) is 4.98 Å². The fraction of sp³-hybridized carbons (Fsp3) is 0.130. The first-order chi connectivity index (χ1) is 13.3. The molecule has 0 aliphatic heterocycles. The van der Waals surface area contributed by atoms with E-state index in [0.717, 1.165) is 29.1 Å². The van der Waals surface area contributed by atoms with Gasteiger partial charge in [0.25, 0.3) is 0 Å². The smallest absolute Gasteiger partial charge is 0.0988 e. The van der Waals surface area contributed by atoms with Gasteiger partial charge in [0.2, 0.25) is 0 Å². The van der Waals surface area contributed by atoms with E-state index in [1.165, 1.54) is 5.56 Å². The summed E-state index contributed by atoms with van der Waals surface area (Å²) in [4.78, 5) is 4.26. The van der Waals surface area contributed by atoms with E-state index < -0.39 is 0 Å². The molecule has 0 fully saturated rings. The predicted octanol–water partition coefficient (Wildman–Crippen LogP) is 4.79. The number of aromatic nitrogens is 3. The van der Waals surface area contributed by atoms with Gasteiger partial charge in [0.1, 0.15) is 0 Å². The highest BCUT2D eigenvalue weighted by molar-refractivity contribution is 5.62. The molecule has 0 spiro atoms. The summed E-state index contributed by atoms with van der Waals surface area (Å²) in [5.74, 6) is 0. The van der Waals surface area contributed by atoms with Crippen molar-refractivity contribution in [2.75, 3.05) is 0 Å². The quantitative estimate of drug-likeness (QED) is 0.541. The largest absolute Gasteiger partial charge is 0.306 e. The number of benzene rings is 2. The monoisotopic (exact) mass is 354 g/mol. The summed E-state index contributed by atoms with van der Waals surface area (Å²) >= 11 is 0. The van der Waals surface area contributed by atoms with E-state index >= 15 is 0 Å². The summed E-state index contributed by atoms with van der Waals surface area (Å²) in [5.41, 5.74) is 5.45. The molecule has 1 atom stereocenters. The van der Waals surface area contributed by atoms with Crippen molar-refractivity contribution in [3.8, 4) is 16.9 Å². The number of hydrogen-bond acceptors (Lipinski definition) is 3. The van der Waals surface area contributed by atoms with Gasteiger partial charge < -0.3 is 5.32 Å². The number of para-hydroxylation sites is 1. The fourth-order valence-corrected chi connectivity index (χ4v) is 3.12. The highest BCUT2D eigenvalue weighted by Gasteiger charge is 2.14. The molecule has 4 aromatic rings. The lowest BCUT2D eigenvalue weighted by atomic mass is 10.1. The minimum absolute atomic E-state index is 0.257. The first-order valence-corrected chi connectivity index (χ1v) is 9.14. The zero-order valence-corrected chi connectivity index (χ0v) is 15.3. The predicted molar refractivity (Wildman–Crippen MR) is 108 cm³/mol. The molecule has 4 rings (SSSR count). The van der Waals surface area contributed by atoms with Gasteiger partial charge >= 0.3 is 0 Å². The van der Waals surface area contributed by atoms with Crippen molar-refractivity contribution in [2.45, 2.75) is 19.5 Å². The second-order valence-corrected chi connectivity index (χ2v) is 6.54. The zero-order chi connectivity index (χ0) is 18.5. The molecule has 27 heavy (non-hydrogen) atoms. The Morgan fingerprint density at radius 3 is 2.37 bits per heavy atom. The summed E-state index contributed by atoms with van der Waals surface area (Å²) in [6, 6.07) is 24.9. The van der Waals surface area contributed by atoms with Crippen molar-refractivity contribution in [2.24, 2.45) is 0 Å². The maximum absolute atomic E-state index is 4.84. The van der Waals surface area contributed by atoms with Crippen molar-refractivity contribution < 1.29 is 0 Å². The van der Waals surface area contributed by atoms with E-state index in [2.05, 4.69) is 65.9 Å². The number of nitrogens with zero attached hydrogens (tertiary/aromatic N) is 3. The third-order valence-electron chi connectivity index (χ3n) is 4.64. The van der Waals surface area contributed by atoms with Crippen LogP contribution in [0.2, 0.25) is 0 Å². The van der Waals surface area contributed by atoms with Gasteiger partial charge in [-0.05, 0) is 36.8 Å². The third-order valence-corrected chi connectivity index (χ3v) is 4.64. The Hall–Kier alpha value is -3.24. The molecule has 0 amide bonds.